The van der Waals surface area contributed by atoms with Gasteiger partial charge in [0, 0.05) is 26.8 Å². The first-order valence-corrected chi connectivity index (χ1v) is 7.28. The van der Waals surface area contributed by atoms with Crippen molar-refractivity contribution in [1.82, 2.24) is 4.72 Å². The summed E-state index contributed by atoms with van der Waals surface area (Å²) in [5.41, 5.74) is 7.12. The van der Waals surface area contributed by atoms with Crippen LogP contribution in [0, 0.1) is 6.92 Å². The molecule has 18 heavy (non-hydrogen) atoms. The molecule has 0 spiro atoms. The predicted molar refractivity (Wildman–Crippen MR) is 70.8 cm³/mol. The third-order valence-electron chi connectivity index (χ3n) is 2.72. The fraction of sp³-hybridized carbons (Fsp3) is 0.500. The fourth-order valence-corrected chi connectivity index (χ4v) is 3.03. The highest BCUT2D eigenvalue weighted by Gasteiger charge is 2.17. The van der Waals surface area contributed by atoms with Crippen LogP contribution >= 0.6 is 0 Å². The quantitative estimate of drug-likeness (QED) is 0.718. The van der Waals surface area contributed by atoms with Crippen LogP contribution in [0.1, 0.15) is 17.5 Å². The van der Waals surface area contributed by atoms with Crippen LogP contribution in [0.15, 0.2) is 23.1 Å². The zero-order valence-electron chi connectivity index (χ0n) is 10.8. The number of hydrogen-bond acceptors (Lipinski definition) is 4. The van der Waals surface area contributed by atoms with E-state index >= 15 is 0 Å². The lowest BCUT2D eigenvalue weighted by atomic mass is 10.1. The molecule has 0 radical (unpaired) electrons. The summed E-state index contributed by atoms with van der Waals surface area (Å²) in [6.45, 7) is 3.00. The molecule has 0 atom stereocenters. The number of hydrogen-bond donors (Lipinski definition) is 2. The van der Waals surface area contributed by atoms with Crippen molar-refractivity contribution in [3.8, 4) is 0 Å². The van der Waals surface area contributed by atoms with E-state index in [1.165, 1.54) is 0 Å². The maximum Gasteiger partial charge on any atom is 0.240 e. The summed E-state index contributed by atoms with van der Waals surface area (Å²) in [5, 5.41) is 0. The largest absolute Gasteiger partial charge is 0.385 e. The first-order chi connectivity index (χ1) is 8.53. The van der Waals surface area contributed by atoms with Crippen LogP contribution in [0.25, 0.3) is 0 Å². The molecule has 0 unspecified atom stereocenters. The lowest BCUT2D eigenvalue weighted by Crippen LogP contribution is -2.26. The molecule has 0 aliphatic heterocycles. The Morgan fingerprint density at radius 3 is 2.72 bits per heavy atom. The van der Waals surface area contributed by atoms with E-state index < -0.39 is 10.0 Å². The molecular formula is C12H20N2O3S. The van der Waals surface area contributed by atoms with Gasteiger partial charge in [-0.25, -0.2) is 13.1 Å². The highest BCUT2D eigenvalue weighted by Crippen LogP contribution is 2.18. The normalized spacial score (nSPS) is 11.7. The van der Waals surface area contributed by atoms with Gasteiger partial charge in [-0.3, -0.25) is 0 Å². The second kappa shape index (κ2) is 6.84. The van der Waals surface area contributed by atoms with Crippen LogP contribution in [0.4, 0.5) is 0 Å². The summed E-state index contributed by atoms with van der Waals surface area (Å²) in [4.78, 5) is 0.294. The molecule has 0 aromatic heterocycles. The van der Waals surface area contributed by atoms with Gasteiger partial charge < -0.3 is 10.5 Å². The van der Waals surface area contributed by atoms with Gasteiger partial charge in [0.2, 0.25) is 10.0 Å². The Morgan fingerprint density at radius 1 is 1.39 bits per heavy atom. The average molecular weight is 272 g/mol. The van der Waals surface area contributed by atoms with Crippen LogP contribution in [-0.2, 0) is 21.3 Å². The highest BCUT2D eigenvalue weighted by atomic mass is 32.2. The van der Waals surface area contributed by atoms with Gasteiger partial charge in [0.15, 0.2) is 0 Å². The summed E-state index contributed by atoms with van der Waals surface area (Å²) in [7, 11) is -1.88. The third kappa shape index (κ3) is 3.78. The third-order valence-corrected chi connectivity index (χ3v) is 4.33. The zero-order valence-corrected chi connectivity index (χ0v) is 11.6. The smallest absolute Gasteiger partial charge is 0.240 e. The van der Waals surface area contributed by atoms with Gasteiger partial charge in [0.25, 0.3) is 0 Å². The van der Waals surface area contributed by atoms with E-state index in [-0.39, 0.29) is 0 Å². The maximum atomic E-state index is 12.1. The standard InChI is InChI=1S/C12H20N2O3S/c1-10-11(9-13)5-3-6-12(10)18(15,16)14-7-4-8-17-2/h3,5-6,14H,4,7-9,13H2,1-2H3. The lowest BCUT2D eigenvalue weighted by Gasteiger charge is -2.11. The van der Waals surface area contributed by atoms with Gasteiger partial charge in [-0.2, -0.15) is 0 Å². The van der Waals surface area contributed by atoms with Gasteiger partial charge in [-0.15, -0.1) is 0 Å². The van der Waals surface area contributed by atoms with Crippen molar-refractivity contribution < 1.29 is 13.2 Å². The molecule has 3 N–H and O–H groups in total. The number of methoxy groups -OCH3 is 1. The Balaban J connectivity index is 2.85. The first-order valence-electron chi connectivity index (χ1n) is 5.80. The summed E-state index contributed by atoms with van der Waals surface area (Å²) in [6.07, 6.45) is 0.644. The van der Waals surface area contributed by atoms with Gasteiger partial charge in [-0.05, 0) is 30.5 Å². The van der Waals surface area contributed by atoms with Crippen molar-refractivity contribution in [3.05, 3.63) is 29.3 Å². The molecule has 1 rings (SSSR count). The molecule has 0 amide bonds. The Labute approximate surface area is 108 Å². The number of ether oxygens (including phenoxy) is 1. The van der Waals surface area contributed by atoms with Crippen LogP contribution in [0.5, 0.6) is 0 Å². The average Bonchev–Trinajstić information content (AvgIpc) is 2.35. The van der Waals surface area contributed by atoms with Gasteiger partial charge >= 0.3 is 0 Å². The monoisotopic (exact) mass is 272 g/mol. The van der Waals surface area contributed by atoms with E-state index in [9.17, 15) is 8.42 Å². The van der Waals surface area contributed by atoms with E-state index in [1.54, 1.807) is 26.2 Å². The fourth-order valence-electron chi connectivity index (χ4n) is 1.67. The molecule has 0 saturated heterocycles. The number of nitrogens with two attached hydrogens (primary N) is 1. The van der Waals surface area contributed by atoms with E-state index in [0.29, 0.717) is 36.6 Å². The molecule has 102 valence electrons. The Kier molecular flexibility index (Phi) is 5.74. The Morgan fingerprint density at radius 2 is 2.11 bits per heavy atom. The van der Waals surface area contributed by atoms with Crippen molar-refractivity contribution >= 4 is 10.0 Å². The van der Waals surface area contributed by atoms with Crippen molar-refractivity contribution in [2.45, 2.75) is 24.8 Å². The van der Waals surface area contributed by atoms with Crippen molar-refractivity contribution in [3.63, 3.8) is 0 Å². The second-order valence-corrected chi connectivity index (χ2v) is 5.72. The SMILES string of the molecule is COCCCNS(=O)(=O)c1cccc(CN)c1C. The van der Waals surface area contributed by atoms with Crippen LogP contribution < -0.4 is 10.5 Å². The predicted octanol–water partition coefficient (Wildman–Crippen LogP) is 0.769. The summed E-state index contributed by atoms with van der Waals surface area (Å²) >= 11 is 0. The maximum absolute atomic E-state index is 12.1. The Hall–Kier alpha value is -0.950. The summed E-state index contributed by atoms with van der Waals surface area (Å²) in [6, 6.07) is 5.13. The topological polar surface area (TPSA) is 81.4 Å². The zero-order chi connectivity index (χ0) is 13.6. The second-order valence-electron chi connectivity index (χ2n) is 3.99. The molecular weight excluding hydrogens is 252 g/mol. The van der Waals surface area contributed by atoms with Gasteiger partial charge in [0.05, 0.1) is 4.90 Å². The summed E-state index contributed by atoms with van der Waals surface area (Å²) in [5.74, 6) is 0. The molecule has 0 aliphatic rings. The molecule has 5 nitrogen and oxygen atoms in total. The van der Waals surface area contributed by atoms with Crippen LogP contribution in [0.2, 0.25) is 0 Å². The van der Waals surface area contributed by atoms with Crippen LogP contribution in [0.3, 0.4) is 0 Å². The Bertz CT molecular complexity index is 486. The lowest BCUT2D eigenvalue weighted by molar-refractivity contribution is 0.196. The minimum atomic E-state index is -3.47. The van der Waals surface area contributed by atoms with E-state index in [4.69, 9.17) is 10.5 Å². The van der Waals surface area contributed by atoms with Gasteiger partial charge in [0.1, 0.15) is 0 Å². The minimum Gasteiger partial charge on any atom is -0.385 e. The minimum absolute atomic E-state index is 0.294. The molecule has 0 saturated carbocycles. The molecule has 1 aromatic carbocycles. The van der Waals surface area contributed by atoms with E-state index in [1.807, 2.05) is 6.07 Å². The number of nitrogens with one attached hydrogen (secondary N) is 1. The molecule has 0 bridgehead atoms. The van der Waals surface area contributed by atoms with Crippen LogP contribution in [-0.4, -0.2) is 28.7 Å². The number of rotatable bonds is 7. The molecule has 0 aliphatic carbocycles. The van der Waals surface area contributed by atoms with Crippen molar-refractivity contribution in [2.75, 3.05) is 20.3 Å². The molecule has 0 fully saturated rings. The molecule has 1 aromatic rings. The highest BCUT2D eigenvalue weighted by molar-refractivity contribution is 7.89. The van der Waals surface area contributed by atoms with Gasteiger partial charge in [-0.1, -0.05) is 12.1 Å². The number of benzene rings is 1. The van der Waals surface area contributed by atoms with Crippen molar-refractivity contribution in [1.29, 1.82) is 0 Å². The summed E-state index contributed by atoms with van der Waals surface area (Å²) < 4.78 is 31.6. The molecule has 6 heteroatoms. The van der Waals surface area contributed by atoms with E-state index in [0.717, 1.165) is 5.56 Å². The van der Waals surface area contributed by atoms with E-state index in [2.05, 4.69) is 4.72 Å². The van der Waals surface area contributed by atoms with Crippen molar-refractivity contribution in [2.24, 2.45) is 5.73 Å². The molecule has 0 heterocycles. The number of sulfonamides is 1. The first kappa shape index (κ1) is 15.1.